The van der Waals surface area contributed by atoms with Crippen LogP contribution in [0.15, 0.2) is 48.5 Å². The number of carboxylic acids is 2. The number of carbonyl (C=O) groups excluding carboxylic acids is 2. The number of hydrogen-bond donors (Lipinski definition) is 0. The SMILES string of the molecule is Cc1cccc(C(=O)[O-])c1.Cc1cccc(C(=O)[O-])c1.[Rh+2]. The molecule has 0 aliphatic heterocycles. The summed E-state index contributed by atoms with van der Waals surface area (Å²) in [5, 5.41) is 20.5. The van der Waals surface area contributed by atoms with Crippen molar-refractivity contribution in [2.75, 3.05) is 0 Å². The fourth-order valence-electron chi connectivity index (χ4n) is 1.54. The smallest absolute Gasteiger partial charge is 0.545 e. The van der Waals surface area contributed by atoms with Crippen molar-refractivity contribution in [3.63, 3.8) is 0 Å². The molecule has 0 saturated carbocycles. The number of carbonyl (C=O) groups is 2. The Kier molecular flexibility index (Phi) is 8.18. The van der Waals surface area contributed by atoms with Crippen molar-refractivity contribution in [3.05, 3.63) is 70.8 Å². The van der Waals surface area contributed by atoms with E-state index in [-0.39, 0.29) is 30.6 Å². The van der Waals surface area contributed by atoms with E-state index in [1.807, 2.05) is 26.0 Å². The minimum Gasteiger partial charge on any atom is -0.545 e. The first kappa shape index (κ1) is 19.0. The molecular formula is C16H14O4Rh. The van der Waals surface area contributed by atoms with Crippen LogP contribution in [0.2, 0.25) is 0 Å². The number of aryl methyl sites for hydroxylation is 2. The average Bonchev–Trinajstić information content (AvgIpc) is 2.39. The van der Waals surface area contributed by atoms with Gasteiger partial charge in [0.2, 0.25) is 0 Å². The maximum absolute atomic E-state index is 10.2. The van der Waals surface area contributed by atoms with E-state index in [1.165, 1.54) is 12.1 Å². The van der Waals surface area contributed by atoms with Crippen LogP contribution in [0.3, 0.4) is 0 Å². The molecule has 0 N–H and O–H groups in total. The summed E-state index contributed by atoms with van der Waals surface area (Å²) in [6.45, 7) is 3.68. The van der Waals surface area contributed by atoms with Crippen LogP contribution in [0.25, 0.3) is 0 Å². The van der Waals surface area contributed by atoms with E-state index in [0.717, 1.165) is 11.1 Å². The van der Waals surface area contributed by atoms with Gasteiger partial charge in [0, 0.05) is 0 Å². The van der Waals surface area contributed by atoms with Gasteiger partial charge in [0.25, 0.3) is 0 Å². The molecule has 4 nitrogen and oxygen atoms in total. The largest absolute Gasteiger partial charge is 2.00 e. The Morgan fingerprint density at radius 2 is 1.10 bits per heavy atom. The van der Waals surface area contributed by atoms with E-state index in [2.05, 4.69) is 0 Å². The second-order valence-electron chi connectivity index (χ2n) is 4.31. The van der Waals surface area contributed by atoms with Gasteiger partial charge in [-0.25, -0.2) is 0 Å². The first-order chi connectivity index (χ1) is 9.40. The Bertz CT molecular complexity index is 568. The third kappa shape index (κ3) is 6.82. The van der Waals surface area contributed by atoms with E-state index < -0.39 is 11.9 Å². The zero-order valence-electron chi connectivity index (χ0n) is 11.6. The van der Waals surface area contributed by atoms with Gasteiger partial charge in [0.1, 0.15) is 0 Å². The molecule has 0 fully saturated rings. The second kappa shape index (κ2) is 9.03. The van der Waals surface area contributed by atoms with Crippen LogP contribution < -0.4 is 10.2 Å². The molecule has 0 amide bonds. The quantitative estimate of drug-likeness (QED) is 0.727. The first-order valence-electron chi connectivity index (χ1n) is 5.96. The number of rotatable bonds is 2. The van der Waals surface area contributed by atoms with Gasteiger partial charge in [0.05, 0.1) is 11.9 Å². The summed E-state index contributed by atoms with van der Waals surface area (Å²) in [4.78, 5) is 20.5. The maximum Gasteiger partial charge on any atom is 2.00 e. The normalized spacial score (nSPS) is 8.86. The fraction of sp³-hybridized carbons (Fsp3) is 0.125. The van der Waals surface area contributed by atoms with Crippen molar-refractivity contribution in [1.82, 2.24) is 0 Å². The zero-order chi connectivity index (χ0) is 15.1. The molecular weight excluding hydrogens is 359 g/mol. The molecule has 0 aromatic heterocycles. The summed E-state index contributed by atoms with van der Waals surface area (Å²) in [6.07, 6.45) is 0. The van der Waals surface area contributed by atoms with E-state index in [0.29, 0.717) is 0 Å². The Morgan fingerprint density at radius 1 is 0.762 bits per heavy atom. The van der Waals surface area contributed by atoms with Crippen molar-refractivity contribution in [2.45, 2.75) is 13.8 Å². The van der Waals surface area contributed by atoms with Gasteiger partial charge in [-0.3, -0.25) is 0 Å². The molecule has 111 valence electrons. The second-order valence-corrected chi connectivity index (χ2v) is 4.31. The molecule has 0 bridgehead atoms. The molecule has 0 unspecified atom stereocenters. The van der Waals surface area contributed by atoms with Crippen LogP contribution in [0.5, 0.6) is 0 Å². The van der Waals surface area contributed by atoms with Crippen LogP contribution >= 0.6 is 0 Å². The van der Waals surface area contributed by atoms with E-state index >= 15 is 0 Å². The topological polar surface area (TPSA) is 80.3 Å². The van der Waals surface area contributed by atoms with Crippen LogP contribution in [0, 0.1) is 13.8 Å². The fourth-order valence-corrected chi connectivity index (χ4v) is 1.54. The minimum atomic E-state index is -1.12. The molecule has 0 saturated heterocycles. The zero-order valence-corrected chi connectivity index (χ0v) is 13.2. The summed E-state index contributed by atoms with van der Waals surface area (Å²) < 4.78 is 0. The molecule has 0 aliphatic rings. The van der Waals surface area contributed by atoms with E-state index in [4.69, 9.17) is 0 Å². The van der Waals surface area contributed by atoms with Gasteiger partial charge in [0.15, 0.2) is 0 Å². The monoisotopic (exact) mass is 373 g/mol. The molecule has 5 heteroatoms. The number of benzene rings is 2. The third-order valence-electron chi connectivity index (χ3n) is 2.51. The summed E-state index contributed by atoms with van der Waals surface area (Å²) in [6, 6.07) is 13.3. The Morgan fingerprint density at radius 3 is 1.29 bits per heavy atom. The van der Waals surface area contributed by atoms with Gasteiger partial charge < -0.3 is 19.8 Å². The Hall–Kier alpha value is -2.00. The van der Waals surface area contributed by atoms with Crippen molar-refractivity contribution in [3.8, 4) is 0 Å². The number of hydrogen-bond acceptors (Lipinski definition) is 4. The van der Waals surface area contributed by atoms with Crippen LogP contribution in [-0.4, -0.2) is 11.9 Å². The molecule has 0 atom stereocenters. The van der Waals surface area contributed by atoms with Gasteiger partial charge in [-0.1, -0.05) is 59.7 Å². The van der Waals surface area contributed by atoms with E-state index in [1.54, 1.807) is 24.3 Å². The molecule has 2 rings (SSSR count). The standard InChI is InChI=1S/2C8H8O2.Rh/c2*1-6-3-2-4-7(5-6)8(9)10;/h2*2-5H,1H3,(H,9,10);/q;;+2/p-2. The molecule has 0 spiro atoms. The molecule has 0 aliphatic carbocycles. The van der Waals surface area contributed by atoms with Crippen molar-refractivity contribution in [2.24, 2.45) is 0 Å². The van der Waals surface area contributed by atoms with Gasteiger partial charge in [-0.15, -0.1) is 0 Å². The van der Waals surface area contributed by atoms with Crippen molar-refractivity contribution >= 4 is 11.9 Å². The minimum absolute atomic E-state index is 0. The Labute approximate surface area is 136 Å². The average molecular weight is 373 g/mol. The first-order valence-corrected chi connectivity index (χ1v) is 5.96. The van der Waals surface area contributed by atoms with E-state index in [9.17, 15) is 19.8 Å². The van der Waals surface area contributed by atoms with Crippen LogP contribution in [0.4, 0.5) is 0 Å². The molecule has 1 radical (unpaired) electrons. The predicted molar refractivity (Wildman–Crippen MR) is 71.0 cm³/mol. The van der Waals surface area contributed by atoms with Gasteiger partial charge in [-0.2, -0.15) is 0 Å². The van der Waals surface area contributed by atoms with Crippen molar-refractivity contribution < 1.29 is 39.3 Å². The summed E-state index contributed by atoms with van der Waals surface area (Å²) in [5.74, 6) is -2.24. The van der Waals surface area contributed by atoms with Gasteiger partial charge >= 0.3 is 19.5 Å². The number of carboxylic acid groups (broad SMARTS) is 2. The molecule has 2 aromatic rings. The predicted octanol–water partition coefficient (Wildman–Crippen LogP) is 0.715. The molecule has 2 aromatic carbocycles. The van der Waals surface area contributed by atoms with Gasteiger partial charge in [-0.05, 0) is 25.0 Å². The van der Waals surface area contributed by atoms with Crippen molar-refractivity contribution in [1.29, 1.82) is 0 Å². The summed E-state index contributed by atoms with van der Waals surface area (Å²) >= 11 is 0. The summed E-state index contributed by atoms with van der Waals surface area (Å²) in [7, 11) is 0. The summed E-state index contributed by atoms with van der Waals surface area (Å²) in [5.41, 5.74) is 2.34. The number of aromatic carboxylic acids is 2. The third-order valence-corrected chi connectivity index (χ3v) is 2.51. The van der Waals surface area contributed by atoms with Crippen LogP contribution in [0.1, 0.15) is 31.8 Å². The maximum atomic E-state index is 10.2. The molecule has 21 heavy (non-hydrogen) atoms. The van der Waals surface area contributed by atoms with Crippen LogP contribution in [-0.2, 0) is 19.5 Å². The Balaban J connectivity index is 0.000000364. The molecule has 0 heterocycles.